The summed E-state index contributed by atoms with van der Waals surface area (Å²) in [6.45, 7) is 3.37. The van der Waals surface area contributed by atoms with E-state index >= 15 is 0 Å². The molecule has 0 radical (unpaired) electrons. The van der Waals surface area contributed by atoms with Gasteiger partial charge in [-0.2, -0.15) is 0 Å². The zero-order valence-electron chi connectivity index (χ0n) is 9.27. The van der Waals surface area contributed by atoms with Crippen molar-refractivity contribution in [3.05, 3.63) is 0 Å². The number of hydrogen-bond donors (Lipinski definition) is 1. The molecule has 1 unspecified atom stereocenters. The van der Waals surface area contributed by atoms with Gasteiger partial charge in [0.25, 0.3) is 0 Å². The highest BCUT2D eigenvalue weighted by molar-refractivity contribution is 5.79. The number of urea groups is 1. The van der Waals surface area contributed by atoms with Gasteiger partial charge in [-0.15, -0.1) is 0 Å². The van der Waals surface area contributed by atoms with Crippen molar-refractivity contribution in [1.29, 1.82) is 0 Å². The van der Waals surface area contributed by atoms with Crippen molar-refractivity contribution < 1.29 is 14.7 Å². The van der Waals surface area contributed by atoms with E-state index in [2.05, 4.69) is 0 Å². The Labute approximate surface area is 89.7 Å². The lowest BCUT2D eigenvalue weighted by molar-refractivity contribution is -0.143. The second-order valence-electron chi connectivity index (χ2n) is 4.00. The largest absolute Gasteiger partial charge is 0.481 e. The number of hydrogen-bond acceptors (Lipinski definition) is 2. The Hall–Kier alpha value is -1.26. The van der Waals surface area contributed by atoms with E-state index in [1.165, 1.54) is 4.90 Å². The Balaban J connectivity index is 2.60. The van der Waals surface area contributed by atoms with Crippen LogP contribution in [0, 0.1) is 5.92 Å². The molecule has 0 aromatic rings. The number of amides is 2. The van der Waals surface area contributed by atoms with Crippen LogP contribution in [-0.4, -0.2) is 53.6 Å². The maximum absolute atomic E-state index is 11.7. The SMILES string of the molecule is CCCCN1CC(C(=O)O)CN(C)C1=O. The number of unbranched alkanes of at least 4 members (excludes halogenated alkanes) is 1. The predicted molar refractivity (Wildman–Crippen MR) is 55.6 cm³/mol. The first kappa shape index (κ1) is 11.8. The lowest BCUT2D eigenvalue weighted by Crippen LogP contribution is -2.53. The molecule has 0 bridgehead atoms. The molecule has 86 valence electrons. The van der Waals surface area contributed by atoms with Crippen LogP contribution in [0.4, 0.5) is 4.79 Å². The Morgan fingerprint density at radius 1 is 1.53 bits per heavy atom. The average Bonchev–Trinajstić information content (AvgIpc) is 2.19. The highest BCUT2D eigenvalue weighted by Gasteiger charge is 2.32. The Morgan fingerprint density at radius 3 is 2.73 bits per heavy atom. The second-order valence-corrected chi connectivity index (χ2v) is 4.00. The van der Waals surface area contributed by atoms with Gasteiger partial charge in [-0.25, -0.2) is 4.79 Å². The number of carboxylic acid groups (broad SMARTS) is 1. The van der Waals surface area contributed by atoms with Crippen molar-refractivity contribution >= 4 is 12.0 Å². The second kappa shape index (κ2) is 5.00. The molecular formula is C10H18N2O3. The summed E-state index contributed by atoms with van der Waals surface area (Å²) in [6.07, 6.45) is 1.93. The smallest absolute Gasteiger partial charge is 0.319 e. The van der Waals surface area contributed by atoms with Crippen LogP contribution in [-0.2, 0) is 4.79 Å². The minimum atomic E-state index is -0.823. The molecular weight excluding hydrogens is 196 g/mol. The molecule has 1 saturated heterocycles. The van der Waals surface area contributed by atoms with Gasteiger partial charge in [-0.1, -0.05) is 13.3 Å². The third-order valence-electron chi connectivity index (χ3n) is 2.66. The highest BCUT2D eigenvalue weighted by atomic mass is 16.4. The van der Waals surface area contributed by atoms with Gasteiger partial charge in [-0.05, 0) is 6.42 Å². The third-order valence-corrected chi connectivity index (χ3v) is 2.66. The van der Waals surface area contributed by atoms with Crippen LogP contribution in [0.2, 0.25) is 0 Å². The minimum absolute atomic E-state index is 0.0547. The van der Waals surface area contributed by atoms with Crippen LogP contribution < -0.4 is 0 Å². The van der Waals surface area contributed by atoms with Crippen LogP contribution in [0.3, 0.4) is 0 Å². The summed E-state index contributed by atoms with van der Waals surface area (Å²) in [5, 5.41) is 8.92. The normalized spacial score (nSPS) is 22.0. The van der Waals surface area contributed by atoms with Gasteiger partial charge in [0.2, 0.25) is 0 Å². The molecule has 1 atom stereocenters. The minimum Gasteiger partial charge on any atom is -0.481 e. The molecule has 0 saturated carbocycles. The van der Waals surface area contributed by atoms with Crippen LogP contribution in [0.5, 0.6) is 0 Å². The van der Waals surface area contributed by atoms with E-state index in [-0.39, 0.29) is 6.03 Å². The maximum atomic E-state index is 11.7. The maximum Gasteiger partial charge on any atom is 0.319 e. The molecule has 1 aliphatic heterocycles. The van der Waals surface area contributed by atoms with E-state index in [4.69, 9.17) is 5.11 Å². The highest BCUT2D eigenvalue weighted by Crippen LogP contribution is 2.14. The van der Waals surface area contributed by atoms with Crippen LogP contribution >= 0.6 is 0 Å². The summed E-state index contributed by atoms with van der Waals surface area (Å²) in [4.78, 5) is 25.6. The van der Waals surface area contributed by atoms with E-state index in [1.54, 1.807) is 11.9 Å². The first-order valence-corrected chi connectivity index (χ1v) is 5.29. The van der Waals surface area contributed by atoms with Crippen molar-refractivity contribution in [3.8, 4) is 0 Å². The van der Waals surface area contributed by atoms with Crippen molar-refractivity contribution in [3.63, 3.8) is 0 Å². The van der Waals surface area contributed by atoms with Gasteiger partial charge in [0.1, 0.15) is 0 Å². The number of aliphatic carboxylic acids is 1. The van der Waals surface area contributed by atoms with E-state index in [0.29, 0.717) is 19.6 Å². The fourth-order valence-electron chi connectivity index (χ4n) is 1.74. The van der Waals surface area contributed by atoms with Crippen molar-refractivity contribution in [2.75, 3.05) is 26.7 Å². The van der Waals surface area contributed by atoms with E-state index in [0.717, 1.165) is 12.8 Å². The summed E-state index contributed by atoms with van der Waals surface area (Å²) < 4.78 is 0. The van der Waals surface area contributed by atoms with E-state index < -0.39 is 11.9 Å². The Kier molecular flexibility index (Phi) is 3.94. The van der Waals surface area contributed by atoms with Crippen LogP contribution in [0.1, 0.15) is 19.8 Å². The summed E-state index contributed by atoms with van der Waals surface area (Å²) in [7, 11) is 1.65. The van der Waals surface area contributed by atoms with Crippen molar-refractivity contribution in [1.82, 2.24) is 9.80 Å². The van der Waals surface area contributed by atoms with Gasteiger partial charge in [0, 0.05) is 26.7 Å². The fourth-order valence-corrected chi connectivity index (χ4v) is 1.74. The van der Waals surface area contributed by atoms with Crippen LogP contribution in [0.25, 0.3) is 0 Å². The molecule has 5 heteroatoms. The Morgan fingerprint density at radius 2 is 2.20 bits per heavy atom. The zero-order valence-corrected chi connectivity index (χ0v) is 9.27. The lowest BCUT2D eigenvalue weighted by atomic mass is 10.1. The topological polar surface area (TPSA) is 60.9 Å². The summed E-state index contributed by atoms with van der Waals surface area (Å²) in [5.74, 6) is -1.28. The molecule has 0 aliphatic carbocycles. The molecule has 15 heavy (non-hydrogen) atoms. The molecule has 1 fully saturated rings. The quantitative estimate of drug-likeness (QED) is 0.754. The van der Waals surface area contributed by atoms with E-state index in [9.17, 15) is 9.59 Å². The molecule has 2 amide bonds. The molecule has 0 aromatic heterocycles. The van der Waals surface area contributed by atoms with Crippen molar-refractivity contribution in [2.45, 2.75) is 19.8 Å². The molecule has 1 heterocycles. The molecule has 1 aliphatic rings. The number of carbonyl (C=O) groups excluding carboxylic acids is 1. The zero-order chi connectivity index (χ0) is 11.4. The number of carboxylic acids is 1. The predicted octanol–water partition coefficient (Wildman–Crippen LogP) is 0.855. The van der Waals surface area contributed by atoms with Crippen molar-refractivity contribution in [2.24, 2.45) is 5.92 Å². The van der Waals surface area contributed by atoms with Gasteiger partial charge in [0.15, 0.2) is 0 Å². The molecule has 5 nitrogen and oxygen atoms in total. The molecule has 1 rings (SSSR count). The van der Waals surface area contributed by atoms with Gasteiger partial charge in [0.05, 0.1) is 5.92 Å². The number of rotatable bonds is 4. The molecule has 0 aromatic carbocycles. The van der Waals surface area contributed by atoms with Gasteiger partial charge < -0.3 is 14.9 Å². The third kappa shape index (κ3) is 2.84. The standard InChI is InChI=1S/C10H18N2O3/c1-3-4-5-12-7-8(9(13)14)6-11(2)10(12)15/h8H,3-7H2,1-2H3,(H,13,14). The molecule has 0 spiro atoms. The van der Waals surface area contributed by atoms with Crippen LogP contribution in [0.15, 0.2) is 0 Å². The average molecular weight is 214 g/mol. The first-order chi connectivity index (χ1) is 7.06. The Bertz CT molecular complexity index is 255. The monoisotopic (exact) mass is 214 g/mol. The molecule has 1 N–H and O–H groups in total. The van der Waals surface area contributed by atoms with Gasteiger partial charge >= 0.3 is 12.0 Å². The fraction of sp³-hybridized carbons (Fsp3) is 0.800. The number of nitrogens with zero attached hydrogens (tertiary/aromatic N) is 2. The summed E-state index contributed by atoms with van der Waals surface area (Å²) in [5.41, 5.74) is 0. The first-order valence-electron chi connectivity index (χ1n) is 5.29. The lowest BCUT2D eigenvalue weighted by Gasteiger charge is -2.36. The number of carbonyl (C=O) groups is 2. The van der Waals surface area contributed by atoms with E-state index in [1.807, 2.05) is 6.92 Å². The van der Waals surface area contributed by atoms with Gasteiger partial charge in [-0.3, -0.25) is 4.79 Å². The summed E-state index contributed by atoms with van der Waals surface area (Å²) in [6, 6.07) is -0.0547. The summed E-state index contributed by atoms with van der Waals surface area (Å²) >= 11 is 0.